The fourth-order valence-corrected chi connectivity index (χ4v) is 1.17. The number of pyridine rings is 1. The van der Waals surface area contributed by atoms with Gasteiger partial charge in [0.2, 0.25) is 5.91 Å². The fraction of sp³-hybridized carbons (Fsp3) is 0.250. The molecular formula is C12H13N3O3. The maximum Gasteiger partial charge on any atom is 0.354 e. The van der Waals surface area contributed by atoms with Crippen molar-refractivity contribution in [2.45, 2.75) is 6.54 Å². The second-order valence-electron chi connectivity index (χ2n) is 3.44. The summed E-state index contributed by atoms with van der Waals surface area (Å²) >= 11 is 0. The molecule has 1 rings (SSSR count). The van der Waals surface area contributed by atoms with Crippen LogP contribution in [-0.4, -0.2) is 35.1 Å². The Morgan fingerprint density at radius 2 is 2.22 bits per heavy atom. The van der Waals surface area contributed by atoms with Crippen LogP contribution in [0.2, 0.25) is 0 Å². The number of terminal acetylenes is 1. The van der Waals surface area contributed by atoms with Gasteiger partial charge in [-0.2, -0.15) is 0 Å². The summed E-state index contributed by atoms with van der Waals surface area (Å²) in [4.78, 5) is 25.6. The number of carbonyl (C=O) groups excluding carboxylic acids is 1. The number of nitrogens with one attached hydrogen (secondary N) is 2. The number of carbonyl (C=O) groups is 2. The van der Waals surface area contributed by atoms with Crippen molar-refractivity contribution < 1.29 is 14.7 Å². The summed E-state index contributed by atoms with van der Waals surface area (Å²) in [5.74, 6) is 1.09. The quantitative estimate of drug-likeness (QED) is 0.471. The van der Waals surface area contributed by atoms with Gasteiger partial charge in [-0.15, -0.1) is 6.42 Å². The number of hydrogen-bond donors (Lipinski definition) is 3. The van der Waals surface area contributed by atoms with Gasteiger partial charge in [-0.05, 0) is 11.6 Å². The Balaban J connectivity index is 2.37. The van der Waals surface area contributed by atoms with Gasteiger partial charge in [0.05, 0.1) is 13.1 Å². The van der Waals surface area contributed by atoms with Gasteiger partial charge in [0, 0.05) is 12.7 Å². The number of aromatic carboxylic acids is 1. The maximum absolute atomic E-state index is 11.3. The van der Waals surface area contributed by atoms with E-state index in [9.17, 15) is 9.59 Å². The van der Waals surface area contributed by atoms with E-state index in [1.807, 2.05) is 0 Å². The summed E-state index contributed by atoms with van der Waals surface area (Å²) in [6.45, 7) is 0.774. The van der Waals surface area contributed by atoms with Crippen molar-refractivity contribution >= 4 is 11.9 Å². The molecule has 6 nitrogen and oxygen atoms in total. The summed E-state index contributed by atoms with van der Waals surface area (Å²) in [5.41, 5.74) is 0.700. The van der Waals surface area contributed by atoms with Crippen LogP contribution in [0.1, 0.15) is 16.1 Å². The minimum atomic E-state index is -1.08. The average molecular weight is 247 g/mol. The zero-order chi connectivity index (χ0) is 13.4. The molecule has 1 aromatic rings. The van der Waals surface area contributed by atoms with E-state index in [-0.39, 0.29) is 18.1 Å². The lowest BCUT2D eigenvalue weighted by atomic mass is 10.2. The van der Waals surface area contributed by atoms with Crippen molar-refractivity contribution in [1.29, 1.82) is 0 Å². The minimum absolute atomic E-state index is 0.0271. The molecule has 0 saturated carbocycles. The molecule has 0 aromatic carbocycles. The molecule has 0 spiro atoms. The predicted octanol–water partition coefficient (Wildman–Crippen LogP) is -0.381. The SMILES string of the molecule is C#CCNCC(=O)NCc1ccc(C(=O)O)nc1. The number of aromatic nitrogens is 1. The third-order valence-corrected chi connectivity index (χ3v) is 2.05. The first-order valence-electron chi connectivity index (χ1n) is 5.22. The van der Waals surface area contributed by atoms with Gasteiger partial charge < -0.3 is 10.4 Å². The van der Waals surface area contributed by atoms with Gasteiger partial charge >= 0.3 is 5.97 Å². The largest absolute Gasteiger partial charge is 0.477 e. The van der Waals surface area contributed by atoms with Gasteiger partial charge in [0.1, 0.15) is 5.69 Å². The zero-order valence-electron chi connectivity index (χ0n) is 9.64. The van der Waals surface area contributed by atoms with E-state index in [1.54, 1.807) is 6.07 Å². The summed E-state index contributed by atoms with van der Waals surface area (Å²) in [6, 6.07) is 2.99. The molecule has 6 heteroatoms. The van der Waals surface area contributed by atoms with Crippen LogP contribution in [0.15, 0.2) is 18.3 Å². The van der Waals surface area contributed by atoms with E-state index in [1.165, 1.54) is 12.3 Å². The molecule has 0 aliphatic rings. The standard InChI is InChI=1S/C12H13N3O3/c1-2-5-13-8-11(16)15-7-9-3-4-10(12(17)18)14-6-9/h1,3-4,6,13H,5,7-8H2,(H,15,16)(H,17,18). The second kappa shape index (κ2) is 7.04. The van der Waals surface area contributed by atoms with Crippen LogP contribution in [-0.2, 0) is 11.3 Å². The summed E-state index contributed by atoms with van der Waals surface area (Å²) in [7, 11) is 0. The molecule has 0 aliphatic heterocycles. The highest BCUT2D eigenvalue weighted by atomic mass is 16.4. The Labute approximate surface area is 104 Å². The Morgan fingerprint density at radius 1 is 1.44 bits per heavy atom. The molecule has 0 saturated heterocycles. The molecule has 94 valence electrons. The lowest BCUT2D eigenvalue weighted by Gasteiger charge is -2.05. The highest BCUT2D eigenvalue weighted by molar-refractivity contribution is 5.85. The molecule has 1 aromatic heterocycles. The van der Waals surface area contributed by atoms with E-state index in [4.69, 9.17) is 11.5 Å². The van der Waals surface area contributed by atoms with E-state index >= 15 is 0 Å². The van der Waals surface area contributed by atoms with E-state index in [0.29, 0.717) is 13.1 Å². The first-order chi connectivity index (χ1) is 8.63. The molecule has 18 heavy (non-hydrogen) atoms. The van der Waals surface area contributed by atoms with Gasteiger partial charge in [0.25, 0.3) is 0 Å². The topological polar surface area (TPSA) is 91.3 Å². The third-order valence-electron chi connectivity index (χ3n) is 2.05. The number of rotatable bonds is 6. The van der Waals surface area contributed by atoms with Crippen LogP contribution in [0.3, 0.4) is 0 Å². The van der Waals surface area contributed by atoms with Gasteiger partial charge in [-0.3, -0.25) is 10.1 Å². The van der Waals surface area contributed by atoms with Crippen molar-refractivity contribution in [3.8, 4) is 12.3 Å². The summed E-state index contributed by atoms with van der Waals surface area (Å²) < 4.78 is 0. The van der Waals surface area contributed by atoms with E-state index in [2.05, 4.69) is 21.5 Å². The molecule has 0 atom stereocenters. The molecule has 0 aliphatic carbocycles. The minimum Gasteiger partial charge on any atom is -0.477 e. The van der Waals surface area contributed by atoms with Crippen molar-refractivity contribution in [1.82, 2.24) is 15.6 Å². The Morgan fingerprint density at radius 3 is 2.78 bits per heavy atom. The summed E-state index contributed by atoms with van der Waals surface area (Å²) in [6.07, 6.45) is 6.43. The molecular weight excluding hydrogens is 234 g/mol. The normalized spacial score (nSPS) is 9.50. The highest BCUT2D eigenvalue weighted by Crippen LogP contribution is 1.99. The van der Waals surface area contributed by atoms with Crippen molar-refractivity contribution in [3.05, 3.63) is 29.6 Å². The van der Waals surface area contributed by atoms with Crippen molar-refractivity contribution in [2.75, 3.05) is 13.1 Å². The van der Waals surface area contributed by atoms with Gasteiger partial charge in [-0.1, -0.05) is 12.0 Å². The Bertz CT molecular complexity index is 462. The van der Waals surface area contributed by atoms with Crippen LogP contribution >= 0.6 is 0 Å². The van der Waals surface area contributed by atoms with Crippen molar-refractivity contribution in [2.24, 2.45) is 0 Å². The van der Waals surface area contributed by atoms with Gasteiger partial charge in [0.15, 0.2) is 0 Å². The van der Waals surface area contributed by atoms with Crippen LogP contribution in [0.25, 0.3) is 0 Å². The molecule has 0 radical (unpaired) electrons. The van der Waals surface area contributed by atoms with Crippen molar-refractivity contribution in [3.63, 3.8) is 0 Å². The molecule has 0 bridgehead atoms. The van der Waals surface area contributed by atoms with E-state index in [0.717, 1.165) is 5.56 Å². The Kier molecular flexibility index (Phi) is 5.35. The molecule has 0 unspecified atom stereocenters. The highest BCUT2D eigenvalue weighted by Gasteiger charge is 2.04. The van der Waals surface area contributed by atoms with Crippen LogP contribution in [0.4, 0.5) is 0 Å². The van der Waals surface area contributed by atoms with Crippen LogP contribution < -0.4 is 10.6 Å². The van der Waals surface area contributed by atoms with Gasteiger partial charge in [-0.25, -0.2) is 9.78 Å². The number of carboxylic acids is 1. The second-order valence-corrected chi connectivity index (χ2v) is 3.44. The van der Waals surface area contributed by atoms with Crippen LogP contribution in [0.5, 0.6) is 0 Å². The van der Waals surface area contributed by atoms with E-state index < -0.39 is 5.97 Å². The summed E-state index contributed by atoms with van der Waals surface area (Å²) in [5, 5.41) is 14.1. The smallest absolute Gasteiger partial charge is 0.354 e. The monoisotopic (exact) mass is 247 g/mol. The first-order valence-corrected chi connectivity index (χ1v) is 5.22. The molecule has 0 fully saturated rings. The number of amides is 1. The molecule has 1 heterocycles. The number of hydrogen-bond acceptors (Lipinski definition) is 4. The average Bonchev–Trinajstić information content (AvgIpc) is 2.37. The maximum atomic E-state index is 11.3. The molecule has 1 amide bonds. The molecule has 3 N–H and O–H groups in total. The third kappa shape index (κ3) is 4.63. The zero-order valence-corrected chi connectivity index (χ0v) is 9.64. The number of carboxylic acid groups (broad SMARTS) is 1. The Hall–Kier alpha value is -2.39. The van der Waals surface area contributed by atoms with Crippen LogP contribution in [0, 0.1) is 12.3 Å². The number of nitrogens with zero attached hydrogens (tertiary/aromatic N) is 1. The fourth-order valence-electron chi connectivity index (χ4n) is 1.17. The lowest BCUT2D eigenvalue weighted by Crippen LogP contribution is -2.33. The predicted molar refractivity (Wildman–Crippen MR) is 64.7 cm³/mol. The first kappa shape index (κ1) is 13.7. The lowest BCUT2D eigenvalue weighted by molar-refractivity contribution is -0.120.